The van der Waals surface area contributed by atoms with E-state index in [1.165, 1.54) is 6.08 Å². The summed E-state index contributed by atoms with van der Waals surface area (Å²) in [4.78, 5) is 0. The molecule has 1 aliphatic rings. The second kappa shape index (κ2) is 6.57. The lowest BCUT2D eigenvalue weighted by Crippen LogP contribution is -2.24. The van der Waals surface area contributed by atoms with Crippen molar-refractivity contribution >= 4 is 12.3 Å². The van der Waals surface area contributed by atoms with Crippen LogP contribution in [0.15, 0.2) is 53.8 Å². The highest BCUT2D eigenvalue weighted by Crippen LogP contribution is 2.30. The molecule has 1 aromatic carbocycles. The summed E-state index contributed by atoms with van der Waals surface area (Å²) in [6.07, 6.45) is 0.776. The fraction of sp³-hybridized carbons (Fsp3) is 0.222. The third-order valence-electron chi connectivity index (χ3n) is 3.07. The number of hydrogen-bond acceptors (Lipinski definition) is 1. The molecule has 0 N–H and O–H groups in total. The normalized spacial score (nSPS) is 17.3. The van der Waals surface area contributed by atoms with E-state index in [1.54, 1.807) is 24.3 Å². The zero-order valence-electron chi connectivity index (χ0n) is 12.1. The zero-order chi connectivity index (χ0) is 16.2. The summed E-state index contributed by atoms with van der Waals surface area (Å²) in [5.41, 5.74) is 5.07. The lowest BCUT2D eigenvalue weighted by atomic mass is 10.0. The van der Waals surface area contributed by atoms with Crippen LogP contribution in [0.4, 0.5) is 13.2 Å². The Morgan fingerprint density at radius 2 is 2.14 bits per heavy atom. The first kappa shape index (κ1) is 16.0. The Bertz CT molecular complexity index is 787. The summed E-state index contributed by atoms with van der Waals surface area (Å²) in [5, 5.41) is 1.44. The van der Waals surface area contributed by atoms with Gasteiger partial charge in [0.1, 0.15) is 11.9 Å². The van der Waals surface area contributed by atoms with Crippen LogP contribution in [0.2, 0.25) is 0 Å². The van der Waals surface area contributed by atoms with E-state index in [4.69, 9.17) is 4.74 Å². The van der Waals surface area contributed by atoms with Crippen molar-refractivity contribution in [3.05, 3.63) is 64.2 Å². The van der Waals surface area contributed by atoms with Gasteiger partial charge >= 0.3 is 6.18 Å². The minimum atomic E-state index is -4.36. The molecule has 1 nitrogen and oxygen atoms in total. The Kier molecular flexibility index (Phi) is 4.77. The molecule has 0 fully saturated rings. The minimum Gasteiger partial charge on any atom is -0.486 e. The predicted molar refractivity (Wildman–Crippen MR) is 80.7 cm³/mol. The van der Waals surface area contributed by atoms with Crippen LogP contribution in [0.1, 0.15) is 13.3 Å². The van der Waals surface area contributed by atoms with Crippen LogP contribution in [0.5, 0.6) is 5.75 Å². The molecule has 0 aromatic heterocycles. The second-order valence-electron chi connectivity index (χ2n) is 4.79. The third-order valence-corrected chi connectivity index (χ3v) is 3.07. The van der Waals surface area contributed by atoms with E-state index in [9.17, 15) is 13.2 Å². The Morgan fingerprint density at radius 3 is 2.77 bits per heavy atom. The summed E-state index contributed by atoms with van der Waals surface area (Å²) >= 11 is 0. The van der Waals surface area contributed by atoms with Crippen LogP contribution in [-0.4, -0.2) is 12.3 Å². The fourth-order valence-corrected chi connectivity index (χ4v) is 2.01. The number of allylic oxidation sites excluding steroid dienone is 3. The van der Waals surface area contributed by atoms with Gasteiger partial charge in [-0.2, -0.15) is 13.2 Å². The van der Waals surface area contributed by atoms with Gasteiger partial charge < -0.3 is 4.74 Å². The molecule has 0 saturated carbocycles. The summed E-state index contributed by atoms with van der Waals surface area (Å²) in [5.74, 6) is 0.481. The highest BCUT2D eigenvalue weighted by Gasteiger charge is 2.33. The number of alkyl halides is 3. The number of halogens is 3. The molecule has 1 atom stereocenters. The fourth-order valence-electron chi connectivity index (χ4n) is 2.01. The van der Waals surface area contributed by atoms with Gasteiger partial charge in [-0.05, 0) is 42.5 Å². The number of ether oxygens (including phenoxy) is 1. The summed E-state index contributed by atoms with van der Waals surface area (Å²) in [7, 11) is 0. The van der Waals surface area contributed by atoms with E-state index < -0.39 is 17.9 Å². The van der Waals surface area contributed by atoms with Crippen LogP contribution in [0.3, 0.4) is 0 Å². The molecular formula is C18H15F3O. The maximum Gasteiger partial charge on any atom is 0.416 e. The second-order valence-corrected chi connectivity index (χ2v) is 4.79. The molecule has 0 spiro atoms. The summed E-state index contributed by atoms with van der Waals surface area (Å²) in [6, 6.07) is 5.12. The van der Waals surface area contributed by atoms with Crippen molar-refractivity contribution < 1.29 is 17.9 Å². The standard InChI is InChI=1S/C18H15F3O/c1-3-4-6-14-9-10-17(11-13(14)2)22-16-8-5-7-15(12-16)18(19,20)21/h3,5,7,9-12,16H,2,8H2,1H3/t16-/m1/s1. The highest BCUT2D eigenvalue weighted by molar-refractivity contribution is 5.33. The molecular weight excluding hydrogens is 289 g/mol. The molecule has 0 radical (unpaired) electrons. The van der Waals surface area contributed by atoms with Crippen molar-refractivity contribution in [3.63, 3.8) is 0 Å². The van der Waals surface area contributed by atoms with Crippen molar-refractivity contribution in [2.24, 2.45) is 0 Å². The Balaban J connectivity index is 2.24. The quantitative estimate of drug-likeness (QED) is 0.761. The van der Waals surface area contributed by atoms with Gasteiger partial charge in [0, 0.05) is 11.6 Å². The first-order valence-corrected chi connectivity index (χ1v) is 6.77. The van der Waals surface area contributed by atoms with Gasteiger partial charge in [-0.15, -0.1) is 0 Å². The number of rotatable bonds is 2. The van der Waals surface area contributed by atoms with Gasteiger partial charge in [-0.1, -0.05) is 30.2 Å². The van der Waals surface area contributed by atoms with Gasteiger partial charge in [-0.3, -0.25) is 0 Å². The Labute approximate surface area is 126 Å². The molecule has 0 aliphatic heterocycles. The van der Waals surface area contributed by atoms with Gasteiger partial charge in [0.25, 0.3) is 0 Å². The third kappa shape index (κ3) is 4.05. The van der Waals surface area contributed by atoms with Crippen LogP contribution >= 0.6 is 0 Å². The molecule has 1 aromatic rings. The number of benzene rings is 1. The Hall–Kier alpha value is -2.41. The molecule has 1 aliphatic carbocycles. The average Bonchev–Trinajstić information content (AvgIpc) is 2.46. The monoisotopic (exact) mass is 304 g/mol. The molecule has 0 heterocycles. The van der Waals surface area contributed by atoms with E-state index in [2.05, 4.69) is 18.0 Å². The molecule has 4 heteroatoms. The smallest absolute Gasteiger partial charge is 0.416 e. The molecule has 22 heavy (non-hydrogen) atoms. The van der Waals surface area contributed by atoms with Crippen molar-refractivity contribution in [1.29, 1.82) is 0 Å². The van der Waals surface area contributed by atoms with Crippen molar-refractivity contribution in [2.45, 2.75) is 25.6 Å². The van der Waals surface area contributed by atoms with Gasteiger partial charge in [0.05, 0.1) is 5.57 Å². The lowest BCUT2D eigenvalue weighted by Gasteiger charge is -2.20. The highest BCUT2D eigenvalue weighted by atomic mass is 19.4. The first-order valence-electron chi connectivity index (χ1n) is 6.77. The van der Waals surface area contributed by atoms with Crippen molar-refractivity contribution in [1.82, 2.24) is 0 Å². The number of hydrogen-bond donors (Lipinski definition) is 0. The Morgan fingerprint density at radius 1 is 1.36 bits per heavy atom. The van der Waals surface area contributed by atoms with E-state index in [1.807, 2.05) is 6.92 Å². The van der Waals surface area contributed by atoms with E-state index >= 15 is 0 Å². The van der Waals surface area contributed by atoms with Crippen LogP contribution in [-0.2, 0) is 0 Å². The van der Waals surface area contributed by atoms with Crippen LogP contribution in [0.25, 0.3) is 12.3 Å². The van der Waals surface area contributed by atoms with Crippen molar-refractivity contribution in [3.8, 4) is 5.75 Å². The topological polar surface area (TPSA) is 9.23 Å². The minimum absolute atomic E-state index is 0.401. The molecule has 0 amide bonds. The lowest BCUT2D eigenvalue weighted by molar-refractivity contribution is -0.0892. The van der Waals surface area contributed by atoms with Gasteiger partial charge in [-0.25, -0.2) is 0 Å². The zero-order valence-corrected chi connectivity index (χ0v) is 12.1. The van der Waals surface area contributed by atoms with Crippen molar-refractivity contribution in [2.75, 3.05) is 0 Å². The molecule has 114 valence electrons. The largest absolute Gasteiger partial charge is 0.486 e. The first-order chi connectivity index (χ1) is 10.4. The molecule has 2 rings (SSSR count). The summed E-state index contributed by atoms with van der Waals surface area (Å²) < 4.78 is 43.7. The molecule has 0 unspecified atom stereocenters. The van der Waals surface area contributed by atoms with Gasteiger partial charge in [0.2, 0.25) is 0 Å². The SMILES string of the molecule is C=c1cc(O[C@H]2C=C(C(F)(F)F)C=CC2)ccc1=C=C=CC. The molecule has 0 saturated heterocycles. The molecule has 0 bridgehead atoms. The van der Waals surface area contributed by atoms with E-state index in [0.29, 0.717) is 17.4 Å². The van der Waals surface area contributed by atoms with E-state index in [0.717, 1.165) is 17.4 Å². The maximum absolute atomic E-state index is 12.7. The summed E-state index contributed by atoms with van der Waals surface area (Å²) in [6.45, 7) is 5.70. The maximum atomic E-state index is 12.7. The predicted octanol–water partition coefficient (Wildman–Crippen LogP) is 3.40. The van der Waals surface area contributed by atoms with E-state index in [-0.39, 0.29) is 0 Å². The van der Waals surface area contributed by atoms with Gasteiger partial charge in [0.15, 0.2) is 0 Å². The van der Waals surface area contributed by atoms with Crippen LogP contribution < -0.4 is 15.2 Å². The average molecular weight is 304 g/mol. The van der Waals surface area contributed by atoms with Crippen LogP contribution in [0, 0.1) is 0 Å².